The molecule has 3 aromatic carbocycles. The van der Waals surface area contributed by atoms with Gasteiger partial charge in [0.2, 0.25) is 0 Å². The lowest BCUT2D eigenvalue weighted by Crippen LogP contribution is -1.79. The van der Waals surface area contributed by atoms with E-state index in [0.717, 1.165) is 0 Å². The van der Waals surface area contributed by atoms with Crippen molar-refractivity contribution in [1.82, 2.24) is 0 Å². The van der Waals surface area contributed by atoms with Crippen molar-refractivity contribution >= 4 is 28.6 Å². The molecule has 0 atom stereocenters. The van der Waals surface area contributed by atoms with E-state index in [2.05, 4.69) is 67.2 Å². The SMILES string of the molecule is C=Cc1ccccc1Sc1ccc2ccccc2c1. The first-order chi connectivity index (χ1) is 9.36. The predicted octanol–water partition coefficient (Wildman–Crippen LogP) is 5.63. The number of benzene rings is 3. The van der Waals surface area contributed by atoms with Crippen LogP contribution in [-0.2, 0) is 0 Å². The minimum absolute atomic E-state index is 1.18. The third-order valence-corrected chi connectivity index (χ3v) is 4.17. The van der Waals surface area contributed by atoms with Gasteiger partial charge in [-0.15, -0.1) is 0 Å². The predicted molar refractivity (Wildman–Crippen MR) is 84.6 cm³/mol. The second-order valence-electron chi connectivity index (χ2n) is 4.35. The van der Waals surface area contributed by atoms with Gasteiger partial charge in [-0.25, -0.2) is 0 Å². The molecule has 0 unspecified atom stereocenters. The summed E-state index contributed by atoms with van der Waals surface area (Å²) in [6, 6.07) is 23.4. The Hall–Kier alpha value is -1.99. The standard InChI is InChI=1S/C18H14S/c1-2-14-7-5-6-10-18(14)19-17-12-11-15-8-3-4-9-16(15)13-17/h2-13H,1H2. The molecular weight excluding hydrogens is 248 g/mol. The van der Waals surface area contributed by atoms with Gasteiger partial charge in [0, 0.05) is 9.79 Å². The molecule has 0 fully saturated rings. The molecule has 0 amide bonds. The van der Waals surface area contributed by atoms with Crippen LogP contribution >= 0.6 is 11.8 Å². The summed E-state index contributed by atoms with van der Waals surface area (Å²) < 4.78 is 0. The quantitative estimate of drug-likeness (QED) is 0.589. The van der Waals surface area contributed by atoms with Gasteiger partial charge in [0.1, 0.15) is 0 Å². The summed E-state index contributed by atoms with van der Waals surface area (Å²) >= 11 is 1.78. The van der Waals surface area contributed by atoms with Gasteiger partial charge in [0.15, 0.2) is 0 Å². The number of hydrogen-bond acceptors (Lipinski definition) is 1. The van der Waals surface area contributed by atoms with Crippen LogP contribution in [0, 0.1) is 0 Å². The van der Waals surface area contributed by atoms with E-state index in [1.165, 1.54) is 26.1 Å². The Morgan fingerprint density at radius 2 is 1.53 bits per heavy atom. The van der Waals surface area contributed by atoms with Crippen LogP contribution in [0.2, 0.25) is 0 Å². The molecule has 92 valence electrons. The highest BCUT2D eigenvalue weighted by Gasteiger charge is 2.02. The van der Waals surface area contributed by atoms with Crippen LogP contribution in [0.5, 0.6) is 0 Å². The fourth-order valence-corrected chi connectivity index (χ4v) is 3.09. The van der Waals surface area contributed by atoms with Crippen molar-refractivity contribution in [3.8, 4) is 0 Å². The van der Waals surface area contributed by atoms with Crippen LogP contribution in [0.25, 0.3) is 16.8 Å². The Balaban J connectivity index is 1.99. The molecule has 0 aromatic heterocycles. The Labute approximate surface area is 117 Å². The molecule has 0 aliphatic rings. The molecule has 0 aliphatic carbocycles. The van der Waals surface area contributed by atoms with Gasteiger partial charge < -0.3 is 0 Å². The first kappa shape index (κ1) is 12.1. The number of hydrogen-bond donors (Lipinski definition) is 0. The van der Waals surface area contributed by atoms with Gasteiger partial charge in [-0.2, -0.15) is 0 Å². The number of fused-ring (bicyclic) bond motifs is 1. The lowest BCUT2D eigenvalue weighted by Gasteiger charge is -2.06. The molecule has 0 spiro atoms. The monoisotopic (exact) mass is 262 g/mol. The highest BCUT2D eigenvalue weighted by atomic mass is 32.2. The molecule has 0 N–H and O–H groups in total. The molecule has 3 rings (SSSR count). The van der Waals surface area contributed by atoms with Crippen LogP contribution in [-0.4, -0.2) is 0 Å². The van der Waals surface area contributed by atoms with Crippen LogP contribution in [0.15, 0.2) is 83.1 Å². The maximum atomic E-state index is 3.87. The molecule has 0 heterocycles. The summed E-state index contributed by atoms with van der Waals surface area (Å²) in [6.07, 6.45) is 1.91. The van der Waals surface area contributed by atoms with E-state index in [9.17, 15) is 0 Å². The lowest BCUT2D eigenvalue weighted by atomic mass is 10.1. The van der Waals surface area contributed by atoms with Crippen molar-refractivity contribution in [2.45, 2.75) is 9.79 Å². The minimum Gasteiger partial charge on any atom is -0.0984 e. The van der Waals surface area contributed by atoms with Crippen molar-refractivity contribution in [2.24, 2.45) is 0 Å². The molecule has 1 heteroatoms. The van der Waals surface area contributed by atoms with E-state index < -0.39 is 0 Å². The molecule has 3 aromatic rings. The first-order valence-corrected chi connectivity index (χ1v) is 7.06. The second-order valence-corrected chi connectivity index (χ2v) is 5.47. The van der Waals surface area contributed by atoms with Gasteiger partial charge in [-0.1, -0.05) is 72.9 Å². The maximum Gasteiger partial charge on any atom is 0.0194 e. The van der Waals surface area contributed by atoms with E-state index in [0.29, 0.717) is 0 Å². The van der Waals surface area contributed by atoms with E-state index in [1.807, 2.05) is 12.1 Å². The third-order valence-electron chi connectivity index (χ3n) is 3.09. The topological polar surface area (TPSA) is 0 Å². The summed E-state index contributed by atoms with van der Waals surface area (Å²) in [7, 11) is 0. The zero-order valence-electron chi connectivity index (χ0n) is 10.5. The molecule has 0 aliphatic heterocycles. The van der Waals surface area contributed by atoms with E-state index in [4.69, 9.17) is 0 Å². The Morgan fingerprint density at radius 3 is 2.37 bits per heavy atom. The summed E-state index contributed by atoms with van der Waals surface area (Å²) in [5.74, 6) is 0. The summed E-state index contributed by atoms with van der Waals surface area (Å²) in [5, 5.41) is 2.56. The van der Waals surface area contributed by atoms with Crippen LogP contribution < -0.4 is 0 Å². The fourth-order valence-electron chi connectivity index (χ4n) is 2.10. The zero-order chi connectivity index (χ0) is 13.1. The highest BCUT2D eigenvalue weighted by Crippen LogP contribution is 2.32. The zero-order valence-corrected chi connectivity index (χ0v) is 11.4. The van der Waals surface area contributed by atoms with Gasteiger partial charge in [-0.3, -0.25) is 0 Å². The fraction of sp³-hybridized carbons (Fsp3) is 0. The summed E-state index contributed by atoms with van der Waals surface area (Å²) in [5.41, 5.74) is 1.18. The smallest absolute Gasteiger partial charge is 0.0194 e. The molecule has 0 radical (unpaired) electrons. The average Bonchev–Trinajstić information content (AvgIpc) is 2.48. The maximum absolute atomic E-state index is 3.87. The Bertz CT molecular complexity index is 728. The molecule has 0 nitrogen and oxygen atoms in total. The van der Waals surface area contributed by atoms with Gasteiger partial charge in [0.25, 0.3) is 0 Å². The van der Waals surface area contributed by atoms with Crippen molar-refractivity contribution in [1.29, 1.82) is 0 Å². The minimum atomic E-state index is 1.18. The van der Waals surface area contributed by atoms with Crippen LogP contribution in [0.1, 0.15) is 5.56 Å². The summed E-state index contributed by atoms with van der Waals surface area (Å²) in [6.45, 7) is 3.87. The molecule has 0 bridgehead atoms. The highest BCUT2D eigenvalue weighted by molar-refractivity contribution is 7.99. The van der Waals surface area contributed by atoms with Gasteiger partial charge in [0.05, 0.1) is 0 Å². The van der Waals surface area contributed by atoms with Crippen LogP contribution in [0.4, 0.5) is 0 Å². The van der Waals surface area contributed by atoms with Crippen molar-refractivity contribution in [3.63, 3.8) is 0 Å². The average molecular weight is 262 g/mol. The van der Waals surface area contributed by atoms with E-state index in [1.54, 1.807) is 11.8 Å². The van der Waals surface area contributed by atoms with E-state index >= 15 is 0 Å². The molecule has 0 saturated heterocycles. The molecule has 19 heavy (non-hydrogen) atoms. The van der Waals surface area contributed by atoms with Crippen molar-refractivity contribution in [3.05, 3.63) is 78.9 Å². The largest absolute Gasteiger partial charge is 0.0984 e. The van der Waals surface area contributed by atoms with E-state index in [-0.39, 0.29) is 0 Å². The lowest BCUT2D eigenvalue weighted by molar-refractivity contribution is 1.40. The second kappa shape index (κ2) is 5.33. The van der Waals surface area contributed by atoms with Crippen LogP contribution in [0.3, 0.4) is 0 Å². The number of rotatable bonds is 3. The Morgan fingerprint density at radius 1 is 0.789 bits per heavy atom. The van der Waals surface area contributed by atoms with Crippen molar-refractivity contribution in [2.75, 3.05) is 0 Å². The molecular formula is C18H14S. The van der Waals surface area contributed by atoms with Gasteiger partial charge in [-0.05, 0) is 34.5 Å². The Kier molecular flexibility index (Phi) is 3.39. The first-order valence-electron chi connectivity index (χ1n) is 6.25. The van der Waals surface area contributed by atoms with Crippen molar-refractivity contribution < 1.29 is 0 Å². The third kappa shape index (κ3) is 2.56. The van der Waals surface area contributed by atoms with Gasteiger partial charge >= 0.3 is 0 Å². The molecule has 0 saturated carbocycles. The summed E-state index contributed by atoms with van der Waals surface area (Å²) in [4.78, 5) is 2.50. The normalized spacial score (nSPS) is 10.5.